The lowest BCUT2D eigenvalue weighted by Gasteiger charge is -2.30. The van der Waals surface area contributed by atoms with Crippen LogP contribution in [0, 0.1) is 13.8 Å². The number of aromatic nitrogens is 1. The Balaban J connectivity index is 1.48. The number of hydrogen-bond donors (Lipinski definition) is 1. The van der Waals surface area contributed by atoms with Gasteiger partial charge >= 0.3 is 5.97 Å². The minimum atomic E-state index is -1.04. The highest BCUT2D eigenvalue weighted by Crippen LogP contribution is 2.29. The van der Waals surface area contributed by atoms with Crippen molar-refractivity contribution < 1.29 is 19.1 Å². The van der Waals surface area contributed by atoms with Crippen LogP contribution in [0.2, 0.25) is 0 Å². The van der Waals surface area contributed by atoms with Gasteiger partial charge in [-0.25, -0.2) is 4.79 Å². The molecule has 7 heteroatoms. The van der Waals surface area contributed by atoms with Gasteiger partial charge in [-0.2, -0.15) is 0 Å². The van der Waals surface area contributed by atoms with Crippen molar-refractivity contribution in [2.24, 2.45) is 0 Å². The third kappa shape index (κ3) is 3.94. The second kappa shape index (κ2) is 8.10. The second-order valence-corrected chi connectivity index (χ2v) is 7.54. The molecule has 0 fully saturated rings. The predicted octanol–water partition coefficient (Wildman–Crippen LogP) is 3.62. The Morgan fingerprint density at radius 1 is 0.968 bits per heavy atom. The van der Waals surface area contributed by atoms with E-state index < -0.39 is 18.0 Å². The molecule has 1 aliphatic rings. The van der Waals surface area contributed by atoms with Gasteiger partial charge in [0.2, 0.25) is 5.91 Å². The topological polar surface area (TPSA) is 80.6 Å². The maximum atomic E-state index is 12.9. The zero-order valence-corrected chi connectivity index (χ0v) is 17.6. The van der Waals surface area contributed by atoms with Crippen molar-refractivity contribution in [3.05, 3.63) is 77.6 Å². The third-order valence-electron chi connectivity index (χ3n) is 5.30. The summed E-state index contributed by atoms with van der Waals surface area (Å²) in [5.74, 6) is -1.34. The van der Waals surface area contributed by atoms with Crippen LogP contribution < -0.4 is 10.2 Å². The Morgan fingerprint density at radius 2 is 1.61 bits per heavy atom. The number of amides is 2. The predicted molar refractivity (Wildman–Crippen MR) is 118 cm³/mol. The average Bonchev–Trinajstić information content (AvgIpc) is 3.10. The molecule has 0 unspecified atom stereocenters. The van der Waals surface area contributed by atoms with Crippen LogP contribution in [0.4, 0.5) is 11.4 Å². The van der Waals surface area contributed by atoms with Gasteiger partial charge in [-0.05, 0) is 69.3 Å². The first-order valence-corrected chi connectivity index (χ1v) is 10.0. The summed E-state index contributed by atoms with van der Waals surface area (Å²) in [5, 5.41) is 2.73. The van der Waals surface area contributed by atoms with Gasteiger partial charge in [-0.3, -0.25) is 14.5 Å². The highest BCUT2D eigenvalue weighted by Gasteiger charge is 2.31. The summed E-state index contributed by atoms with van der Waals surface area (Å²) in [7, 11) is 0. The molecule has 0 radical (unpaired) electrons. The number of carbonyl (C=O) groups is 3. The standard InChI is InChI=1S/C24H23N3O4/c1-15-8-9-16(2)27(15)19-12-10-18(11-13-19)24(30)31-17(3)23(29)26-14-22(28)25-20-6-4-5-7-21(20)26/h4-13,17H,14H2,1-3H3,(H,25,28)/t17-/m1/s1. The first-order valence-electron chi connectivity index (χ1n) is 10.0. The summed E-state index contributed by atoms with van der Waals surface area (Å²) in [6.07, 6.45) is -1.04. The molecular weight excluding hydrogens is 394 g/mol. The van der Waals surface area contributed by atoms with E-state index in [1.165, 1.54) is 11.8 Å². The molecular formula is C24H23N3O4. The molecule has 1 atom stereocenters. The number of benzene rings is 2. The molecule has 2 amide bonds. The molecule has 1 aromatic heterocycles. The van der Waals surface area contributed by atoms with E-state index in [0.29, 0.717) is 16.9 Å². The highest BCUT2D eigenvalue weighted by molar-refractivity contribution is 6.11. The Labute approximate surface area is 180 Å². The van der Waals surface area contributed by atoms with Gasteiger partial charge < -0.3 is 14.6 Å². The van der Waals surface area contributed by atoms with Crippen LogP contribution in [-0.4, -0.2) is 35.0 Å². The summed E-state index contributed by atoms with van der Waals surface area (Å²) < 4.78 is 7.49. The smallest absolute Gasteiger partial charge is 0.338 e. The van der Waals surface area contributed by atoms with Gasteiger partial charge in [0.15, 0.2) is 6.10 Å². The number of hydrogen-bond acceptors (Lipinski definition) is 4. The number of fused-ring (bicyclic) bond motifs is 1. The van der Waals surface area contributed by atoms with Crippen LogP contribution in [0.1, 0.15) is 28.7 Å². The second-order valence-electron chi connectivity index (χ2n) is 7.54. The SMILES string of the molecule is Cc1ccc(C)n1-c1ccc(C(=O)O[C@H](C)C(=O)N2CC(=O)Nc3ccccc32)cc1. The fourth-order valence-electron chi connectivity index (χ4n) is 3.75. The lowest BCUT2D eigenvalue weighted by Crippen LogP contribution is -2.47. The van der Waals surface area contributed by atoms with Gasteiger partial charge in [0.05, 0.1) is 16.9 Å². The normalized spacial score (nSPS) is 13.9. The number of rotatable bonds is 4. The first-order chi connectivity index (χ1) is 14.8. The van der Waals surface area contributed by atoms with E-state index in [4.69, 9.17) is 4.74 Å². The largest absolute Gasteiger partial charge is 0.449 e. The minimum absolute atomic E-state index is 0.123. The number of aryl methyl sites for hydroxylation is 2. The summed E-state index contributed by atoms with van der Waals surface area (Å²) >= 11 is 0. The molecule has 3 aromatic rings. The van der Waals surface area contributed by atoms with E-state index in [-0.39, 0.29) is 12.5 Å². The molecule has 1 N–H and O–H groups in total. The monoisotopic (exact) mass is 417 g/mol. The molecule has 2 aromatic carbocycles. The van der Waals surface area contributed by atoms with Gasteiger partial charge in [0, 0.05) is 17.1 Å². The molecule has 0 spiro atoms. The summed E-state index contributed by atoms with van der Waals surface area (Å²) in [5.41, 5.74) is 4.61. The van der Waals surface area contributed by atoms with Crippen molar-refractivity contribution in [1.29, 1.82) is 0 Å². The maximum absolute atomic E-state index is 12.9. The molecule has 31 heavy (non-hydrogen) atoms. The van der Waals surface area contributed by atoms with E-state index in [2.05, 4.69) is 9.88 Å². The molecule has 0 saturated carbocycles. The zero-order valence-electron chi connectivity index (χ0n) is 17.6. The van der Waals surface area contributed by atoms with Gasteiger partial charge in [-0.15, -0.1) is 0 Å². The van der Waals surface area contributed by atoms with Crippen LogP contribution in [0.3, 0.4) is 0 Å². The quantitative estimate of drug-likeness (QED) is 0.658. The molecule has 0 saturated heterocycles. The highest BCUT2D eigenvalue weighted by atomic mass is 16.5. The Hall–Kier alpha value is -3.87. The molecule has 158 valence electrons. The Bertz CT molecular complexity index is 1140. The lowest BCUT2D eigenvalue weighted by atomic mass is 10.1. The van der Waals surface area contributed by atoms with E-state index in [1.807, 2.05) is 38.1 Å². The molecule has 4 rings (SSSR count). The zero-order chi connectivity index (χ0) is 22.1. The molecule has 7 nitrogen and oxygen atoms in total. The first kappa shape index (κ1) is 20.4. The third-order valence-corrected chi connectivity index (χ3v) is 5.30. The minimum Gasteiger partial charge on any atom is -0.449 e. The number of nitrogens with zero attached hydrogens (tertiary/aromatic N) is 2. The van der Waals surface area contributed by atoms with E-state index in [1.54, 1.807) is 36.4 Å². The van der Waals surface area contributed by atoms with Gasteiger partial charge in [-0.1, -0.05) is 12.1 Å². The van der Waals surface area contributed by atoms with Gasteiger partial charge in [0.1, 0.15) is 6.54 Å². The van der Waals surface area contributed by atoms with E-state index in [9.17, 15) is 14.4 Å². The Morgan fingerprint density at radius 3 is 2.29 bits per heavy atom. The fraction of sp³-hybridized carbons (Fsp3) is 0.208. The van der Waals surface area contributed by atoms with Crippen LogP contribution in [0.25, 0.3) is 5.69 Å². The van der Waals surface area contributed by atoms with Crippen molar-refractivity contribution >= 4 is 29.2 Å². The maximum Gasteiger partial charge on any atom is 0.338 e. The van der Waals surface area contributed by atoms with Crippen LogP contribution in [-0.2, 0) is 14.3 Å². The fourth-order valence-corrected chi connectivity index (χ4v) is 3.75. The lowest BCUT2D eigenvalue weighted by molar-refractivity contribution is -0.128. The molecule has 0 aliphatic carbocycles. The summed E-state index contributed by atoms with van der Waals surface area (Å²) in [4.78, 5) is 38.8. The number of ether oxygens (including phenoxy) is 1. The van der Waals surface area contributed by atoms with Crippen molar-refractivity contribution in [2.75, 3.05) is 16.8 Å². The van der Waals surface area contributed by atoms with Crippen molar-refractivity contribution in [3.8, 4) is 5.69 Å². The molecule has 1 aliphatic heterocycles. The Kier molecular flexibility index (Phi) is 5.33. The van der Waals surface area contributed by atoms with Crippen LogP contribution >= 0.6 is 0 Å². The summed E-state index contributed by atoms with van der Waals surface area (Å²) in [6, 6.07) is 18.1. The number of carbonyl (C=O) groups excluding carboxylic acids is 3. The molecule has 0 bridgehead atoms. The number of esters is 1. The average molecular weight is 417 g/mol. The van der Waals surface area contributed by atoms with Crippen molar-refractivity contribution in [1.82, 2.24) is 4.57 Å². The van der Waals surface area contributed by atoms with Crippen molar-refractivity contribution in [3.63, 3.8) is 0 Å². The molecule has 2 heterocycles. The number of anilines is 2. The number of nitrogens with one attached hydrogen (secondary N) is 1. The summed E-state index contributed by atoms with van der Waals surface area (Å²) in [6.45, 7) is 5.42. The van der Waals surface area contributed by atoms with E-state index in [0.717, 1.165) is 17.1 Å². The number of para-hydroxylation sites is 2. The van der Waals surface area contributed by atoms with Crippen molar-refractivity contribution in [2.45, 2.75) is 26.9 Å². The van der Waals surface area contributed by atoms with Crippen LogP contribution in [0.15, 0.2) is 60.7 Å². The van der Waals surface area contributed by atoms with Gasteiger partial charge in [0.25, 0.3) is 5.91 Å². The van der Waals surface area contributed by atoms with E-state index >= 15 is 0 Å². The van der Waals surface area contributed by atoms with Crippen LogP contribution in [0.5, 0.6) is 0 Å².